The van der Waals surface area contributed by atoms with Crippen molar-refractivity contribution in [1.29, 1.82) is 0 Å². The van der Waals surface area contributed by atoms with Gasteiger partial charge in [-0.2, -0.15) is 0 Å². The molecule has 2 unspecified atom stereocenters. The Morgan fingerprint density at radius 3 is 1.45 bits per heavy atom. The van der Waals surface area contributed by atoms with Crippen LogP contribution in [0.5, 0.6) is 0 Å². The van der Waals surface area contributed by atoms with Gasteiger partial charge in [-0.1, -0.05) is 0 Å². The normalized spacial score (nSPS) is 13.3. The summed E-state index contributed by atoms with van der Waals surface area (Å²) >= 11 is -0.0342. The van der Waals surface area contributed by atoms with E-state index in [2.05, 4.69) is 31.1 Å². The van der Waals surface area contributed by atoms with Crippen LogP contribution in [0.15, 0.2) is 61.2 Å². The maximum absolute atomic E-state index is 13.5. The summed E-state index contributed by atoms with van der Waals surface area (Å²) in [4.78, 5) is 0.108. The van der Waals surface area contributed by atoms with Crippen LogP contribution in [-0.2, 0) is 13.1 Å². The van der Waals surface area contributed by atoms with Gasteiger partial charge >= 0.3 is 171 Å². The summed E-state index contributed by atoms with van der Waals surface area (Å²) in [6.07, 6.45) is 3.11. The minimum absolute atomic E-state index is 0.0342. The molecule has 148 valence electrons. The van der Waals surface area contributed by atoms with Crippen molar-refractivity contribution in [2.24, 2.45) is 0 Å². The summed E-state index contributed by atoms with van der Waals surface area (Å²) in [5.41, 5.74) is 1.98. The number of hydrogen-bond acceptors (Lipinski definition) is 6. The first kappa shape index (κ1) is 19.3. The third-order valence-corrected chi connectivity index (χ3v) is 7.45. The van der Waals surface area contributed by atoms with Gasteiger partial charge in [0.15, 0.2) is 0 Å². The molecule has 0 saturated heterocycles. The standard InChI is InChI=1S/C18H16F2N8Se/c19-15-5-1-13(2-6-15)17(9-27-11-21-23-25-27)29-18(10-28-12-22-24-26-28)14-3-7-16(20)8-4-14/h1-8,11-12,17-18H,9-10H2. The molecule has 4 rings (SSSR count). The van der Waals surface area contributed by atoms with Crippen LogP contribution in [0.25, 0.3) is 0 Å². The van der Waals surface area contributed by atoms with E-state index in [1.165, 1.54) is 24.3 Å². The molecular formula is C18H16F2N8Se. The van der Waals surface area contributed by atoms with E-state index in [0.717, 1.165) is 11.1 Å². The Kier molecular flexibility index (Phi) is 5.97. The predicted octanol–water partition coefficient (Wildman–Crippen LogP) is 1.82. The molecule has 0 aliphatic rings. The van der Waals surface area contributed by atoms with Gasteiger partial charge in [0.2, 0.25) is 0 Å². The van der Waals surface area contributed by atoms with Crippen molar-refractivity contribution in [3.05, 3.63) is 83.9 Å². The van der Waals surface area contributed by atoms with Crippen molar-refractivity contribution in [3.63, 3.8) is 0 Å². The molecule has 11 heteroatoms. The fourth-order valence-corrected chi connectivity index (χ4v) is 6.03. The van der Waals surface area contributed by atoms with E-state index in [9.17, 15) is 8.78 Å². The molecule has 2 aromatic carbocycles. The molecule has 29 heavy (non-hydrogen) atoms. The van der Waals surface area contributed by atoms with Crippen LogP contribution in [0.1, 0.15) is 20.8 Å². The molecule has 0 spiro atoms. The summed E-state index contributed by atoms with van der Waals surface area (Å²) in [6.45, 7) is 1.10. The number of aromatic nitrogens is 8. The first-order valence-corrected chi connectivity index (χ1v) is 10.7. The number of nitrogens with zero attached hydrogens (tertiary/aromatic N) is 8. The number of tetrazole rings is 2. The Balaban J connectivity index is 1.64. The Hall–Kier alpha value is -3.04. The van der Waals surface area contributed by atoms with Crippen LogP contribution in [0.2, 0.25) is 0 Å². The molecule has 0 aliphatic heterocycles. The maximum atomic E-state index is 13.5. The van der Waals surface area contributed by atoms with Gasteiger partial charge in [0.1, 0.15) is 0 Å². The molecule has 0 N–H and O–H groups in total. The van der Waals surface area contributed by atoms with Crippen LogP contribution in [0, 0.1) is 11.6 Å². The van der Waals surface area contributed by atoms with Crippen molar-refractivity contribution >= 4 is 15.0 Å². The third-order valence-electron chi connectivity index (χ3n) is 4.30. The van der Waals surface area contributed by atoms with Gasteiger partial charge in [0.05, 0.1) is 0 Å². The molecule has 2 atom stereocenters. The Bertz CT molecular complexity index is 923. The second-order valence-corrected chi connectivity index (χ2v) is 9.24. The first-order chi connectivity index (χ1) is 14.2. The molecule has 0 radical (unpaired) electrons. The molecule has 0 amide bonds. The fraction of sp³-hybridized carbons (Fsp3) is 0.222. The van der Waals surface area contributed by atoms with Gasteiger partial charge in [-0.3, -0.25) is 0 Å². The molecule has 4 aromatic rings. The first-order valence-electron chi connectivity index (χ1n) is 8.75. The van der Waals surface area contributed by atoms with Crippen LogP contribution in [0.4, 0.5) is 8.78 Å². The average molecular weight is 461 g/mol. The molecule has 0 bridgehead atoms. The van der Waals surface area contributed by atoms with Crippen molar-refractivity contribution < 1.29 is 8.78 Å². The summed E-state index contributed by atoms with van der Waals surface area (Å²) in [5.74, 6) is -0.572. The molecule has 0 saturated carbocycles. The zero-order chi connectivity index (χ0) is 20.1. The van der Waals surface area contributed by atoms with Crippen molar-refractivity contribution in [1.82, 2.24) is 40.4 Å². The van der Waals surface area contributed by atoms with Crippen molar-refractivity contribution in [2.45, 2.75) is 22.7 Å². The predicted molar refractivity (Wildman–Crippen MR) is 99.7 cm³/mol. The summed E-state index contributed by atoms with van der Waals surface area (Å²) in [7, 11) is 0. The van der Waals surface area contributed by atoms with E-state index >= 15 is 0 Å². The van der Waals surface area contributed by atoms with E-state index in [1.54, 1.807) is 46.3 Å². The molecule has 2 aromatic heterocycles. The van der Waals surface area contributed by atoms with Crippen LogP contribution in [-0.4, -0.2) is 55.4 Å². The number of halogens is 2. The average Bonchev–Trinajstić information content (AvgIpc) is 3.42. The zero-order valence-electron chi connectivity index (χ0n) is 15.1. The van der Waals surface area contributed by atoms with E-state index in [1.807, 2.05) is 0 Å². The molecular weight excluding hydrogens is 445 g/mol. The quantitative estimate of drug-likeness (QED) is 0.372. The van der Waals surface area contributed by atoms with Gasteiger partial charge in [-0.15, -0.1) is 0 Å². The third kappa shape index (κ3) is 5.07. The van der Waals surface area contributed by atoms with Gasteiger partial charge in [-0.25, -0.2) is 0 Å². The SMILES string of the molecule is Fc1ccc(C(Cn2cnnn2)[Se]C(Cn2cnnn2)c2ccc(F)cc2)cc1. The van der Waals surface area contributed by atoms with E-state index in [-0.39, 0.29) is 36.2 Å². The van der Waals surface area contributed by atoms with E-state index in [4.69, 9.17) is 0 Å². The van der Waals surface area contributed by atoms with Crippen LogP contribution in [0.3, 0.4) is 0 Å². The summed E-state index contributed by atoms with van der Waals surface area (Å²) < 4.78 is 30.2. The van der Waals surface area contributed by atoms with E-state index < -0.39 is 0 Å². The molecule has 0 fully saturated rings. The van der Waals surface area contributed by atoms with Gasteiger partial charge in [0.25, 0.3) is 0 Å². The topological polar surface area (TPSA) is 87.2 Å². The number of rotatable bonds is 8. The summed E-state index contributed by atoms with van der Waals surface area (Å²) in [6, 6.07) is 12.9. The van der Waals surface area contributed by atoms with Gasteiger partial charge in [0, 0.05) is 0 Å². The summed E-state index contributed by atoms with van der Waals surface area (Å²) in [5, 5.41) is 22.7. The van der Waals surface area contributed by atoms with E-state index in [0.29, 0.717) is 13.1 Å². The molecule has 8 nitrogen and oxygen atoms in total. The van der Waals surface area contributed by atoms with Crippen molar-refractivity contribution in [2.75, 3.05) is 0 Å². The Morgan fingerprint density at radius 1 is 0.690 bits per heavy atom. The zero-order valence-corrected chi connectivity index (χ0v) is 16.8. The molecule has 0 aliphatic carbocycles. The second-order valence-electron chi connectivity index (χ2n) is 6.28. The van der Waals surface area contributed by atoms with Crippen molar-refractivity contribution in [3.8, 4) is 0 Å². The van der Waals surface area contributed by atoms with Gasteiger partial charge in [-0.05, 0) is 0 Å². The molecule has 2 heterocycles. The Labute approximate surface area is 171 Å². The number of benzene rings is 2. The second kappa shape index (κ2) is 8.97. The van der Waals surface area contributed by atoms with Crippen LogP contribution >= 0.6 is 0 Å². The fourth-order valence-electron chi connectivity index (χ4n) is 2.87. The minimum atomic E-state index is -0.286. The van der Waals surface area contributed by atoms with Crippen LogP contribution < -0.4 is 0 Å². The number of hydrogen-bond donors (Lipinski definition) is 0. The Morgan fingerprint density at radius 2 is 1.10 bits per heavy atom. The monoisotopic (exact) mass is 462 g/mol. The van der Waals surface area contributed by atoms with Gasteiger partial charge < -0.3 is 0 Å².